The number of benzene rings is 2. The SMILES string of the molecule is CCOc1ccccc1C(=O)N1C[C@H](NC(C)(C)CCC(C)(C)CO[C@@H]2CCN(c3ccc(C(C)NC(C)(C)C)cc3)C2)[C@@H](C)C1. The lowest BCUT2D eigenvalue weighted by Crippen LogP contribution is -2.49. The van der Waals surface area contributed by atoms with E-state index >= 15 is 0 Å². The normalized spacial score (nSPS) is 21.6. The van der Waals surface area contributed by atoms with Crippen molar-refractivity contribution in [3.8, 4) is 5.75 Å². The summed E-state index contributed by atoms with van der Waals surface area (Å²) in [6, 6.07) is 17.2. The summed E-state index contributed by atoms with van der Waals surface area (Å²) in [5.41, 5.74) is 3.38. The number of para-hydroxylation sites is 1. The number of nitrogens with zero attached hydrogens (tertiary/aromatic N) is 2. The van der Waals surface area contributed by atoms with E-state index in [9.17, 15) is 4.79 Å². The number of carbonyl (C=O) groups excluding carboxylic acids is 1. The van der Waals surface area contributed by atoms with Crippen molar-refractivity contribution in [3.63, 3.8) is 0 Å². The molecule has 2 aromatic carbocycles. The van der Waals surface area contributed by atoms with E-state index in [0.717, 1.165) is 45.5 Å². The minimum Gasteiger partial charge on any atom is -0.493 e. The average molecular weight is 635 g/mol. The first-order chi connectivity index (χ1) is 21.6. The summed E-state index contributed by atoms with van der Waals surface area (Å²) < 4.78 is 12.3. The summed E-state index contributed by atoms with van der Waals surface area (Å²) in [5, 5.41) is 7.58. The standard InChI is InChI=1S/C39H62N4O3/c1-11-45-35-15-13-12-14-33(35)36(44)43-24-28(2)34(26-43)41-39(9,10)22-21-38(7,8)27-46-32-20-23-42(25-32)31-18-16-30(17-19-31)29(3)40-37(4,5)6/h12-19,28-29,32,34,40-41H,11,20-27H2,1-10H3/t28-,29?,32+,34-/m0/s1. The van der Waals surface area contributed by atoms with E-state index in [1.54, 1.807) is 0 Å². The lowest BCUT2D eigenvalue weighted by Gasteiger charge is -2.35. The molecule has 2 N–H and O–H groups in total. The maximum absolute atomic E-state index is 13.4. The van der Waals surface area contributed by atoms with E-state index in [2.05, 4.69) is 102 Å². The molecular weight excluding hydrogens is 572 g/mol. The lowest BCUT2D eigenvalue weighted by molar-refractivity contribution is 0.00760. The number of ether oxygens (including phenoxy) is 2. The van der Waals surface area contributed by atoms with E-state index in [4.69, 9.17) is 9.47 Å². The number of nitrogens with one attached hydrogen (secondary N) is 2. The number of carbonyl (C=O) groups is 1. The third kappa shape index (κ3) is 10.2. The van der Waals surface area contributed by atoms with Gasteiger partial charge in [-0.15, -0.1) is 0 Å². The predicted molar refractivity (Wildman–Crippen MR) is 191 cm³/mol. The van der Waals surface area contributed by atoms with Crippen molar-refractivity contribution in [2.45, 2.75) is 118 Å². The molecule has 1 unspecified atom stereocenters. The summed E-state index contributed by atoms with van der Waals surface area (Å²) >= 11 is 0. The maximum Gasteiger partial charge on any atom is 0.257 e. The zero-order chi connectivity index (χ0) is 33.7. The van der Waals surface area contributed by atoms with Crippen LogP contribution in [0, 0.1) is 11.3 Å². The van der Waals surface area contributed by atoms with Crippen LogP contribution in [-0.2, 0) is 4.74 Å². The zero-order valence-electron chi connectivity index (χ0n) is 30.4. The van der Waals surface area contributed by atoms with E-state index in [0.29, 0.717) is 36.4 Å². The number of hydrogen-bond acceptors (Lipinski definition) is 6. The Hall–Kier alpha value is -2.61. The third-order valence-corrected chi connectivity index (χ3v) is 9.58. The van der Waals surface area contributed by atoms with Crippen LogP contribution < -0.4 is 20.3 Å². The third-order valence-electron chi connectivity index (χ3n) is 9.58. The van der Waals surface area contributed by atoms with Crippen LogP contribution in [0.5, 0.6) is 5.75 Å². The molecule has 4 rings (SSSR count). The molecule has 46 heavy (non-hydrogen) atoms. The van der Waals surface area contributed by atoms with Gasteiger partial charge >= 0.3 is 0 Å². The minimum atomic E-state index is -0.0469. The Labute approximate surface area is 279 Å². The van der Waals surface area contributed by atoms with Gasteiger partial charge in [-0.25, -0.2) is 0 Å². The highest BCUT2D eigenvalue weighted by atomic mass is 16.5. The second-order valence-electron chi connectivity index (χ2n) is 16.3. The topological polar surface area (TPSA) is 66.1 Å². The van der Waals surface area contributed by atoms with Gasteiger partial charge in [-0.2, -0.15) is 0 Å². The number of rotatable bonds is 14. The summed E-state index contributed by atoms with van der Waals surface area (Å²) in [4.78, 5) is 17.9. The average Bonchev–Trinajstić information content (AvgIpc) is 3.61. The summed E-state index contributed by atoms with van der Waals surface area (Å²) in [6.07, 6.45) is 3.44. The van der Waals surface area contributed by atoms with Crippen LogP contribution >= 0.6 is 0 Å². The second kappa shape index (κ2) is 15.1. The van der Waals surface area contributed by atoms with E-state index in [1.807, 2.05) is 36.1 Å². The van der Waals surface area contributed by atoms with Gasteiger partial charge < -0.3 is 29.9 Å². The Balaban J connectivity index is 1.22. The molecule has 2 saturated heterocycles. The van der Waals surface area contributed by atoms with Crippen LogP contribution in [-0.4, -0.2) is 73.4 Å². The van der Waals surface area contributed by atoms with Crippen LogP contribution in [0.3, 0.4) is 0 Å². The summed E-state index contributed by atoms with van der Waals surface area (Å²) in [7, 11) is 0. The fourth-order valence-electron chi connectivity index (χ4n) is 6.86. The van der Waals surface area contributed by atoms with Gasteiger partial charge in [-0.05, 0) is 109 Å². The summed E-state index contributed by atoms with van der Waals surface area (Å²) in [6.45, 7) is 27.1. The molecule has 2 aliphatic rings. The molecule has 0 radical (unpaired) electrons. The van der Waals surface area contributed by atoms with Crippen molar-refractivity contribution in [3.05, 3.63) is 59.7 Å². The Morgan fingerprint density at radius 1 is 0.957 bits per heavy atom. The van der Waals surface area contributed by atoms with Gasteiger partial charge in [0.25, 0.3) is 5.91 Å². The van der Waals surface area contributed by atoms with Crippen LogP contribution in [0.25, 0.3) is 0 Å². The molecule has 7 heteroatoms. The molecule has 7 nitrogen and oxygen atoms in total. The van der Waals surface area contributed by atoms with Crippen LogP contribution in [0.4, 0.5) is 5.69 Å². The van der Waals surface area contributed by atoms with Crippen molar-refractivity contribution in [2.75, 3.05) is 44.3 Å². The van der Waals surface area contributed by atoms with Crippen LogP contribution in [0.1, 0.15) is 110 Å². The monoisotopic (exact) mass is 634 g/mol. The molecule has 4 atom stereocenters. The first-order valence-electron chi connectivity index (χ1n) is 17.6. The molecule has 256 valence electrons. The Kier molecular flexibility index (Phi) is 11.9. The maximum atomic E-state index is 13.4. The van der Waals surface area contributed by atoms with E-state index in [-0.39, 0.29) is 34.5 Å². The van der Waals surface area contributed by atoms with Crippen LogP contribution in [0.15, 0.2) is 48.5 Å². The smallest absolute Gasteiger partial charge is 0.257 e. The molecule has 0 aromatic heterocycles. The Bertz CT molecular complexity index is 1270. The van der Waals surface area contributed by atoms with Gasteiger partial charge in [0.05, 0.1) is 24.9 Å². The fraction of sp³-hybridized carbons (Fsp3) is 0.667. The Morgan fingerprint density at radius 3 is 2.33 bits per heavy atom. The van der Waals surface area contributed by atoms with Crippen molar-refractivity contribution in [1.29, 1.82) is 0 Å². The molecule has 0 spiro atoms. The molecule has 0 bridgehead atoms. The number of hydrogen-bond donors (Lipinski definition) is 2. The largest absolute Gasteiger partial charge is 0.493 e. The highest BCUT2D eigenvalue weighted by Gasteiger charge is 2.37. The van der Waals surface area contributed by atoms with E-state index < -0.39 is 0 Å². The first kappa shape index (κ1) is 36.2. The van der Waals surface area contributed by atoms with Gasteiger partial charge in [-0.1, -0.05) is 45.0 Å². The molecule has 2 aromatic rings. The predicted octanol–water partition coefficient (Wildman–Crippen LogP) is 7.47. The quantitative estimate of drug-likeness (QED) is 0.225. The van der Waals surface area contributed by atoms with Gasteiger partial charge in [0.1, 0.15) is 5.75 Å². The second-order valence-corrected chi connectivity index (χ2v) is 16.3. The highest BCUT2D eigenvalue weighted by Crippen LogP contribution is 2.31. The Morgan fingerprint density at radius 2 is 1.65 bits per heavy atom. The molecule has 0 aliphatic carbocycles. The molecule has 0 saturated carbocycles. The van der Waals surface area contributed by atoms with Crippen LogP contribution in [0.2, 0.25) is 0 Å². The molecule has 2 heterocycles. The summed E-state index contributed by atoms with van der Waals surface area (Å²) in [5.74, 6) is 1.10. The van der Waals surface area contributed by atoms with E-state index in [1.165, 1.54) is 11.3 Å². The minimum absolute atomic E-state index is 0.0469. The van der Waals surface area contributed by atoms with Crippen molar-refractivity contribution in [1.82, 2.24) is 15.5 Å². The van der Waals surface area contributed by atoms with Gasteiger partial charge in [-0.3, -0.25) is 4.79 Å². The number of likely N-dealkylation sites (tertiary alicyclic amines) is 1. The first-order valence-corrected chi connectivity index (χ1v) is 17.6. The highest BCUT2D eigenvalue weighted by molar-refractivity contribution is 5.97. The van der Waals surface area contributed by atoms with Gasteiger partial charge in [0.15, 0.2) is 0 Å². The van der Waals surface area contributed by atoms with Crippen molar-refractivity contribution >= 4 is 11.6 Å². The van der Waals surface area contributed by atoms with Crippen molar-refractivity contribution in [2.24, 2.45) is 11.3 Å². The number of amides is 1. The molecule has 1 amide bonds. The van der Waals surface area contributed by atoms with Gasteiger partial charge in [0, 0.05) is 55.0 Å². The van der Waals surface area contributed by atoms with Gasteiger partial charge in [0.2, 0.25) is 0 Å². The molecule has 2 aliphatic heterocycles. The zero-order valence-corrected chi connectivity index (χ0v) is 30.4. The number of anilines is 1. The fourth-order valence-corrected chi connectivity index (χ4v) is 6.86. The van der Waals surface area contributed by atoms with Crippen molar-refractivity contribution < 1.29 is 14.3 Å². The molecule has 2 fully saturated rings. The lowest BCUT2D eigenvalue weighted by atomic mass is 9.83. The molecular formula is C39H62N4O3.